The number of carbonyl (C=O) groups is 2. The van der Waals surface area contributed by atoms with Crippen molar-refractivity contribution in [3.8, 4) is 16.8 Å². The van der Waals surface area contributed by atoms with Crippen LogP contribution in [0.4, 0.5) is 11.6 Å². The van der Waals surface area contributed by atoms with Crippen molar-refractivity contribution in [3.05, 3.63) is 104 Å². The predicted octanol–water partition coefficient (Wildman–Crippen LogP) is 7.64. The molecule has 356 valence electrons. The number of hydrogen-bond donors (Lipinski definition) is 2. The molecule has 0 spiro atoms. The van der Waals surface area contributed by atoms with Crippen LogP contribution in [-0.4, -0.2) is 112 Å². The van der Waals surface area contributed by atoms with Crippen LogP contribution in [0.25, 0.3) is 5.00 Å². The fourth-order valence-corrected chi connectivity index (χ4v) is 12.5. The summed E-state index contributed by atoms with van der Waals surface area (Å²) >= 11 is 8.00. The number of thiophene rings is 1. The van der Waals surface area contributed by atoms with Gasteiger partial charge in [-0.2, -0.15) is 5.26 Å². The molecule has 1 saturated carbocycles. The fraction of sp³-hybridized carbons (Fsp3) is 0.490. The van der Waals surface area contributed by atoms with E-state index in [1.165, 1.54) is 16.1 Å². The molecule has 2 saturated heterocycles. The van der Waals surface area contributed by atoms with Crippen molar-refractivity contribution in [1.82, 2.24) is 40.3 Å². The Labute approximate surface area is 408 Å². The summed E-state index contributed by atoms with van der Waals surface area (Å²) in [6.07, 6.45) is 5.40. The minimum atomic E-state index is -0.461. The average molecular weight is 958 g/mol. The van der Waals surface area contributed by atoms with Crippen LogP contribution in [0.2, 0.25) is 5.02 Å². The number of piperazine rings is 1. The summed E-state index contributed by atoms with van der Waals surface area (Å²) in [4.78, 5) is 49.6. The molecule has 15 nitrogen and oxygen atoms in total. The van der Waals surface area contributed by atoms with Gasteiger partial charge in [0.2, 0.25) is 11.9 Å². The largest absolute Gasteiger partial charge is 0.489 e. The highest BCUT2D eigenvalue weighted by Gasteiger charge is 2.64. The number of hydrogen-bond acceptors (Lipinski definition) is 13. The maximum absolute atomic E-state index is 13.5. The Morgan fingerprint density at radius 3 is 2.26 bits per heavy atom. The number of amides is 2. The highest BCUT2D eigenvalue weighted by Crippen LogP contribution is 2.55. The van der Waals surface area contributed by atoms with Crippen molar-refractivity contribution in [1.29, 1.82) is 5.26 Å². The topological polar surface area (TPSA) is 170 Å². The number of rotatable bonds is 12. The van der Waals surface area contributed by atoms with Gasteiger partial charge in [-0.1, -0.05) is 51.4 Å². The Hall–Kier alpha value is -5.89. The van der Waals surface area contributed by atoms with Gasteiger partial charge in [-0.05, 0) is 76.3 Å². The first-order valence-corrected chi connectivity index (χ1v) is 25.0. The van der Waals surface area contributed by atoms with E-state index in [9.17, 15) is 14.9 Å². The van der Waals surface area contributed by atoms with Crippen molar-refractivity contribution in [3.63, 3.8) is 0 Å². The summed E-state index contributed by atoms with van der Waals surface area (Å²) in [6.45, 7) is 23.9. The predicted molar refractivity (Wildman–Crippen MR) is 267 cm³/mol. The Balaban J connectivity index is 0.760. The first-order valence-electron chi connectivity index (χ1n) is 23.8. The molecule has 3 fully saturated rings. The lowest BCUT2D eigenvalue weighted by atomic mass is 9.49. The van der Waals surface area contributed by atoms with Gasteiger partial charge in [-0.3, -0.25) is 24.0 Å². The van der Waals surface area contributed by atoms with E-state index in [0.717, 1.165) is 86.3 Å². The smallest absolute Gasteiger partial charge is 0.254 e. The molecule has 1 aliphatic carbocycles. The molecule has 1 atom stereocenters. The number of piperidine rings is 1. The summed E-state index contributed by atoms with van der Waals surface area (Å²) in [5, 5.41) is 25.8. The van der Waals surface area contributed by atoms with Crippen LogP contribution in [0.15, 0.2) is 59.9 Å². The number of nitriles is 1. The highest BCUT2D eigenvalue weighted by atomic mass is 35.5. The van der Waals surface area contributed by atoms with Crippen molar-refractivity contribution < 1.29 is 14.3 Å². The molecule has 2 N–H and O–H groups in total. The van der Waals surface area contributed by atoms with Gasteiger partial charge in [0.15, 0.2) is 5.82 Å². The lowest BCUT2D eigenvalue weighted by Crippen LogP contribution is -2.74. The van der Waals surface area contributed by atoms with Gasteiger partial charge in [-0.15, -0.1) is 21.5 Å². The Bertz CT molecular complexity index is 2740. The van der Waals surface area contributed by atoms with Gasteiger partial charge in [0.1, 0.15) is 34.8 Å². The van der Waals surface area contributed by atoms with E-state index in [0.29, 0.717) is 46.1 Å². The SMILES string of the molecule is CCNC(=O)C[C@@H]1N=C(c2ccc(N3CCN(CC4CCN(c5ncc(C(=O)NC6C(C)(C)C(Oc7ccc(C#N)c(Cl)c7)C6(C)C)cn5)CC4)CC3)cc2)c2c(sc(C)c2C)-n2c(C)nnc21. The minimum absolute atomic E-state index is 0.0545. The molecular weight excluding hydrogens is 896 g/mol. The number of nitrogens with one attached hydrogen (secondary N) is 2. The van der Waals surface area contributed by atoms with Crippen molar-refractivity contribution in [2.75, 3.05) is 62.2 Å². The number of aliphatic imine (C=N–C) groups is 1. The van der Waals surface area contributed by atoms with Gasteiger partial charge in [0, 0.05) is 109 Å². The van der Waals surface area contributed by atoms with Gasteiger partial charge in [0.25, 0.3) is 5.91 Å². The zero-order valence-electron chi connectivity index (χ0n) is 40.3. The molecule has 3 aromatic heterocycles. The number of nitrogens with zero attached hydrogens (tertiary/aromatic N) is 10. The van der Waals surface area contributed by atoms with Gasteiger partial charge < -0.3 is 25.2 Å². The summed E-state index contributed by atoms with van der Waals surface area (Å²) in [7, 11) is 0. The number of benzene rings is 2. The standard InChI is InChI=1S/C51H61ClN12O3S/c1-9-54-41(65)25-40-44-60-59-32(4)64(44)46-42(30(2)31(3)68-46)43(57-40)34-10-13-37(14-11-34)62-22-20-61(21-23-62)29-33-16-18-63(19-17-33)49-55-27-36(28-56-49)45(66)58-47-50(5,6)48(51(47,7)8)67-38-15-12-35(26-53)39(52)24-38/h10-15,24,27-28,33,40,47-48H,9,16-23,25,29H2,1-8H3,(H,54,65)(H,58,66)/t40-,47?,48?/m0/s1. The fourth-order valence-electron chi connectivity index (χ4n) is 11.1. The second kappa shape index (κ2) is 18.9. The van der Waals surface area contributed by atoms with E-state index < -0.39 is 6.04 Å². The molecule has 0 radical (unpaired) electrons. The number of aryl methyl sites for hydroxylation is 2. The maximum atomic E-state index is 13.5. The monoisotopic (exact) mass is 956 g/mol. The van der Waals surface area contributed by atoms with E-state index in [-0.39, 0.29) is 41.2 Å². The van der Waals surface area contributed by atoms with Gasteiger partial charge in [0.05, 0.1) is 28.3 Å². The van der Waals surface area contributed by atoms with Gasteiger partial charge in [-0.25, -0.2) is 9.97 Å². The average Bonchev–Trinajstić information content (AvgIpc) is 3.81. The van der Waals surface area contributed by atoms with Crippen molar-refractivity contribution in [2.45, 2.75) is 92.8 Å². The van der Waals surface area contributed by atoms with E-state index in [1.54, 1.807) is 41.9 Å². The van der Waals surface area contributed by atoms with Gasteiger partial charge >= 0.3 is 0 Å². The first kappa shape index (κ1) is 47.2. The third-order valence-electron chi connectivity index (χ3n) is 14.6. The Morgan fingerprint density at radius 1 is 0.926 bits per heavy atom. The van der Waals surface area contributed by atoms with E-state index in [4.69, 9.17) is 21.3 Å². The number of carbonyl (C=O) groups excluding carboxylic acids is 2. The molecule has 6 heterocycles. The van der Waals surface area contributed by atoms with Crippen LogP contribution in [0.5, 0.6) is 5.75 Å². The van der Waals surface area contributed by atoms with E-state index in [1.807, 2.05) is 13.8 Å². The minimum Gasteiger partial charge on any atom is -0.489 e. The number of halogens is 1. The van der Waals surface area contributed by atoms with E-state index >= 15 is 0 Å². The zero-order chi connectivity index (χ0) is 48.1. The summed E-state index contributed by atoms with van der Waals surface area (Å²) in [6, 6.07) is 15.3. The van der Waals surface area contributed by atoms with Crippen molar-refractivity contribution in [2.24, 2.45) is 21.7 Å². The van der Waals surface area contributed by atoms with Crippen LogP contribution in [0.1, 0.15) is 109 Å². The lowest BCUT2D eigenvalue weighted by Gasteiger charge is -2.63. The second-order valence-corrected chi connectivity index (χ2v) is 21.5. The van der Waals surface area contributed by atoms with E-state index in [2.05, 4.69) is 122 Å². The second-order valence-electron chi connectivity index (χ2n) is 19.9. The first-order chi connectivity index (χ1) is 32.6. The number of aromatic nitrogens is 5. The lowest BCUT2D eigenvalue weighted by molar-refractivity contribution is -0.164. The summed E-state index contributed by atoms with van der Waals surface area (Å²) in [5.74, 6) is 3.07. The molecule has 17 heteroatoms. The van der Waals surface area contributed by atoms with Crippen LogP contribution < -0.4 is 25.2 Å². The molecule has 3 aliphatic heterocycles. The molecule has 4 aliphatic rings. The normalized spacial score (nSPS) is 21.1. The molecular formula is C51H61ClN12O3S. The van der Waals surface area contributed by atoms with Crippen LogP contribution in [0, 0.1) is 48.9 Å². The molecule has 2 amide bonds. The van der Waals surface area contributed by atoms with Crippen LogP contribution in [0.3, 0.4) is 0 Å². The highest BCUT2D eigenvalue weighted by molar-refractivity contribution is 7.15. The van der Waals surface area contributed by atoms with Crippen LogP contribution in [-0.2, 0) is 4.79 Å². The van der Waals surface area contributed by atoms with Crippen molar-refractivity contribution >= 4 is 52.1 Å². The summed E-state index contributed by atoms with van der Waals surface area (Å²) < 4.78 is 8.49. The molecule has 9 rings (SSSR count). The Kier molecular flexibility index (Phi) is 13.1. The number of ether oxygens (including phenoxy) is 1. The number of anilines is 2. The zero-order valence-corrected chi connectivity index (χ0v) is 41.8. The maximum Gasteiger partial charge on any atom is 0.254 e. The molecule has 68 heavy (non-hydrogen) atoms. The third-order valence-corrected chi connectivity index (χ3v) is 16.1. The third kappa shape index (κ3) is 8.96. The molecule has 0 unspecified atom stereocenters. The molecule has 5 aromatic rings. The molecule has 2 aromatic carbocycles. The summed E-state index contributed by atoms with van der Waals surface area (Å²) in [5.41, 5.74) is 5.46. The van der Waals surface area contributed by atoms with Crippen LogP contribution >= 0.6 is 22.9 Å². The Morgan fingerprint density at radius 2 is 1.62 bits per heavy atom. The number of fused-ring (bicyclic) bond motifs is 3. The molecule has 0 bridgehead atoms. The quantitative estimate of drug-likeness (QED) is 0.126.